The van der Waals surface area contributed by atoms with Gasteiger partial charge in [0.05, 0.1) is 6.54 Å². The van der Waals surface area contributed by atoms with Crippen molar-refractivity contribution in [3.8, 4) is 11.5 Å². The first-order valence-corrected chi connectivity index (χ1v) is 8.29. The van der Waals surface area contributed by atoms with Crippen LogP contribution in [0.4, 0.5) is 0 Å². The molecule has 1 aromatic heterocycles. The summed E-state index contributed by atoms with van der Waals surface area (Å²) in [5.74, 6) is 1.25. The van der Waals surface area contributed by atoms with E-state index < -0.39 is 0 Å². The highest BCUT2D eigenvalue weighted by Gasteiger charge is 2.11. The van der Waals surface area contributed by atoms with Crippen LogP contribution in [-0.2, 0) is 6.54 Å². The zero-order valence-electron chi connectivity index (χ0n) is 13.7. The van der Waals surface area contributed by atoms with Gasteiger partial charge in [0.15, 0.2) is 5.96 Å². The van der Waals surface area contributed by atoms with E-state index in [-0.39, 0.29) is 0 Å². The van der Waals surface area contributed by atoms with Crippen LogP contribution >= 0.6 is 0 Å². The summed E-state index contributed by atoms with van der Waals surface area (Å²) < 4.78 is 5.55. The van der Waals surface area contributed by atoms with Crippen molar-refractivity contribution in [2.24, 2.45) is 10.7 Å². The minimum Gasteiger partial charge on any atom is -0.444 e. The third-order valence-electron chi connectivity index (χ3n) is 4.18. The molecule has 1 fully saturated rings. The maximum atomic E-state index is 6.12. The van der Waals surface area contributed by atoms with Gasteiger partial charge in [-0.2, -0.15) is 0 Å². The fraction of sp³-hybridized carbons (Fsp3) is 0.444. The molecule has 0 amide bonds. The Morgan fingerprint density at radius 3 is 2.57 bits per heavy atom. The summed E-state index contributed by atoms with van der Waals surface area (Å²) in [5.41, 5.74) is 9.12. The molecular weight excluding hydrogens is 288 g/mol. The van der Waals surface area contributed by atoms with Gasteiger partial charge in [0, 0.05) is 18.7 Å². The van der Waals surface area contributed by atoms with E-state index in [1.165, 1.54) is 31.2 Å². The molecule has 2 N–H and O–H groups in total. The van der Waals surface area contributed by atoms with Crippen molar-refractivity contribution < 1.29 is 4.42 Å². The Kier molecular flexibility index (Phi) is 4.95. The van der Waals surface area contributed by atoms with Crippen LogP contribution in [0, 0.1) is 6.92 Å². The molecule has 0 radical (unpaired) electrons. The average Bonchev–Trinajstić information content (AvgIpc) is 2.86. The predicted molar refractivity (Wildman–Crippen MR) is 92.0 cm³/mol. The lowest BCUT2D eigenvalue weighted by molar-refractivity contribution is 0.428. The lowest BCUT2D eigenvalue weighted by Gasteiger charge is -2.20. The number of nitrogens with zero attached hydrogens (tertiary/aromatic N) is 3. The molecule has 122 valence electrons. The van der Waals surface area contributed by atoms with E-state index in [1.807, 2.05) is 12.1 Å². The van der Waals surface area contributed by atoms with Crippen molar-refractivity contribution in [2.75, 3.05) is 13.1 Å². The fourth-order valence-electron chi connectivity index (χ4n) is 2.77. The molecule has 5 heteroatoms. The van der Waals surface area contributed by atoms with Crippen LogP contribution < -0.4 is 5.73 Å². The van der Waals surface area contributed by atoms with Crippen LogP contribution in [0.5, 0.6) is 0 Å². The first-order chi connectivity index (χ1) is 11.2. The van der Waals surface area contributed by atoms with Crippen molar-refractivity contribution in [2.45, 2.75) is 39.2 Å². The Hall–Kier alpha value is -2.30. The maximum Gasteiger partial charge on any atom is 0.226 e. The lowest BCUT2D eigenvalue weighted by Crippen LogP contribution is -2.38. The van der Waals surface area contributed by atoms with E-state index in [4.69, 9.17) is 10.2 Å². The van der Waals surface area contributed by atoms with E-state index >= 15 is 0 Å². The molecule has 3 rings (SSSR count). The summed E-state index contributed by atoms with van der Waals surface area (Å²) in [6, 6.07) is 8.13. The van der Waals surface area contributed by atoms with Crippen LogP contribution in [0.2, 0.25) is 0 Å². The highest BCUT2D eigenvalue weighted by atomic mass is 16.3. The normalized spacial score (nSPS) is 16.4. The molecular formula is C18H24N4O. The van der Waals surface area contributed by atoms with E-state index in [1.54, 1.807) is 6.26 Å². The number of benzene rings is 1. The molecule has 0 unspecified atom stereocenters. The van der Waals surface area contributed by atoms with Crippen molar-refractivity contribution in [3.05, 3.63) is 41.8 Å². The topological polar surface area (TPSA) is 67.7 Å². The molecule has 1 aliphatic heterocycles. The number of aryl methyl sites for hydroxylation is 1. The minimum atomic E-state index is 0.456. The smallest absolute Gasteiger partial charge is 0.226 e. The summed E-state index contributed by atoms with van der Waals surface area (Å²) >= 11 is 0. The van der Waals surface area contributed by atoms with Crippen molar-refractivity contribution in [1.82, 2.24) is 9.88 Å². The molecule has 0 bridgehead atoms. The molecule has 1 aromatic carbocycles. The number of rotatable bonds is 3. The molecule has 1 saturated heterocycles. The third-order valence-corrected chi connectivity index (χ3v) is 4.18. The van der Waals surface area contributed by atoms with Gasteiger partial charge in [-0.25, -0.2) is 9.98 Å². The van der Waals surface area contributed by atoms with Gasteiger partial charge in [-0.3, -0.25) is 0 Å². The Morgan fingerprint density at radius 1 is 1.17 bits per heavy atom. The number of oxazole rings is 1. The Labute approximate surface area is 137 Å². The molecule has 23 heavy (non-hydrogen) atoms. The molecule has 0 spiro atoms. The molecule has 0 saturated carbocycles. The molecule has 1 aliphatic rings. The molecule has 2 aromatic rings. The number of hydrogen-bond acceptors (Lipinski definition) is 3. The van der Waals surface area contributed by atoms with Gasteiger partial charge >= 0.3 is 0 Å². The zero-order chi connectivity index (χ0) is 16.1. The third kappa shape index (κ3) is 4.12. The predicted octanol–water partition coefficient (Wildman–Crippen LogP) is 3.34. The first kappa shape index (κ1) is 15.6. The molecule has 2 heterocycles. The van der Waals surface area contributed by atoms with Crippen LogP contribution in [0.1, 0.15) is 36.9 Å². The second-order valence-corrected chi connectivity index (χ2v) is 6.09. The second kappa shape index (κ2) is 7.31. The zero-order valence-corrected chi connectivity index (χ0v) is 13.7. The highest BCUT2D eigenvalue weighted by molar-refractivity contribution is 5.78. The number of guanidine groups is 1. The Morgan fingerprint density at radius 2 is 1.87 bits per heavy atom. The number of likely N-dealkylation sites (tertiary alicyclic amines) is 1. The largest absolute Gasteiger partial charge is 0.444 e. The fourth-order valence-corrected chi connectivity index (χ4v) is 2.77. The maximum absolute atomic E-state index is 6.12. The van der Waals surface area contributed by atoms with Crippen LogP contribution in [0.25, 0.3) is 11.5 Å². The second-order valence-electron chi connectivity index (χ2n) is 6.09. The van der Waals surface area contributed by atoms with Crippen LogP contribution in [0.3, 0.4) is 0 Å². The van der Waals surface area contributed by atoms with E-state index in [2.05, 4.69) is 33.9 Å². The Balaban J connectivity index is 1.64. The summed E-state index contributed by atoms with van der Waals surface area (Å²) in [7, 11) is 0. The van der Waals surface area contributed by atoms with Gasteiger partial charge in [0.25, 0.3) is 0 Å². The van der Waals surface area contributed by atoms with Crippen LogP contribution in [-0.4, -0.2) is 28.9 Å². The molecule has 5 nitrogen and oxygen atoms in total. The van der Waals surface area contributed by atoms with E-state index in [0.717, 1.165) is 24.3 Å². The minimum absolute atomic E-state index is 0.456. The highest BCUT2D eigenvalue weighted by Crippen LogP contribution is 2.19. The van der Waals surface area contributed by atoms with Gasteiger partial charge in [0.1, 0.15) is 12.0 Å². The molecule has 0 aliphatic carbocycles. The monoisotopic (exact) mass is 312 g/mol. The molecule has 0 atom stereocenters. The van der Waals surface area contributed by atoms with Crippen molar-refractivity contribution >= 4 is 5.96 Å². The Bertz CT molecular complexity index is 652. The SMILES string of the molecule is Cc1ccc(-c2nc(CN=C(N)N3CCCCCC3)co2)cc1. The van der Waals surface area contributed by atoms with E-state index in [9.17, 15) is 0 Å². The number of nitrogens with two attached hydrogens (primary N) is 1. The summed E-state index contributed by atoms with van der Waals surface area (Å²) in [6.07, 6.45) is 6.61. The standard InChI is InChI=1S/C18H24N4O/c1-14-6-8-15(9-7-14)17-21-16(13-23-17)12-20-18(19)22-10-4-2-3-5-11-22/h6-9,13H,2-5,10-12H2,1H3,(H2,19,20). The van der Waals surface area contributed by atoms with E-state index in [0.29, 0.717) is 18.4 Å². The van der Waals surface area contributed by atoms with Crippen LogP contribution in [0.15, 0.2) is 39.9 Å². The van der Waals surface area contributed by atoms with Gasteiger partial charge in [0.2, 0.25) is 5.89 Å². The summed E-state index contributed by atoms with van der Waals surface area (Å²) in [6.45, 7) is 4.52. The van der Waals surface area contributed by atoms with Gasteiger partial charge in [-0.1, -0.05) is 30.5 Å². The number of aromatic nitrogens is 1. The quantitative estimate of drug-likeness (QED) is 0.697. The van der Waals surface area contributed by atoms with Gasteiger partial charge < -0.3 is 15.1 Å². The van der Waals surface area contributed by atoms with Gasteiger partial charge in [-0.05, 0) is 31.9 Å². The first-order valence-electron chi connectivity index (χ1n) is 8.29. The van der Waals surface area contributed by atoms with Gasteiger partial charge in [-0.15, -0.1) is 0 Å². The lowest BCUT2D eigenvalue weighted by atomic mass is 10.1. The number of aliphatic imine (C=N–C) groups is 1. The summed E-state index contributed by atoms with van der Waals surface area (Å²) in [4.78, 5) is 11.2. The van der Waals surface area contributed by atoms with Crippen molar-refractivity contribution in [3.63, 3.8) is 0 Å². The average molecular weight is 312 g/mol. The summed E-state index contributed by atoms with van der Waals surface area (Å²) in [5, 5.41) is 0. The number of hydrogen-bond donors (Lipinski definition) is 1. The van der Waals surface area contributed by atoms with Crippen molar-refractivity contribution in [1.29, 1.82) is 0 Å².